The largest absolute Gasteiger partial charge is 0.497 e. The Morgan fingerprint density at radius 3 is 2.42 bits per heavy atom. The zero-order valence-electron chi connectivity index (χ0n) is 14.1. The van der Waals surface area contributed by atoms with Gasteiger partial charge in [0.1, 0.15) is 5.75 Å². The average molecular weight is 378 g/mol. The molecule has 0 fully saturated rings. The quantitative estimate of drug-likeness (QED) is 0.616. The van der Waals surface area contributed by atoms with Crippen LogP contribution in [0, 0.1) is 10.1 Å². The molecule has 0 aliphatic carbocycles. The van der Waals surface area contributed by atoms with Crippen LogP contribution in [0.25, 0.3) is 0 Å². The van der Waals surface area contributed by atoms with E-state index in [4.69, 9.17) is 16.3 Å². The smallest absolute Gasteiger partial charge is 0.270 e. The third-order valence-corrected chi connectivity index (χ3v) is 3.81. The number of ether oxygens (including phenoxy) is 1. The van der Waals surface area contributed by atoms with E-state index in [0.29, 0.717) is 11.4 Å². The predicted molar refractivity (Wildman–Crippen MR) is 96.7 cm³/mol. The van der Waals surface area contributed by atoms with Crippen LogP contribution in [-0.4, -0.2) is 42.3 Å². The van der Waals surface area contributed by atoms with Crippen molar-refractivity contribution >= 4 is 34.8 Å². The van der Waals surface area contributed by atoms with Crippen molar-refractivity contribution in [1.82, 2.24) is 4.90 Å². The number of carbonyl (C=O) groups is 2. The summed E-state index contributed by atoms with van der Waals surface area (Å²) in [6.45, 7) is -0.210. The number of benzene rings is 2. The molecule has 2 aromatic rings. The second-order valence-corrected chi connectivity index (χ2v) is 5.77. The maximum Gasteiger partial charge on any atom is 0.270 e. The van der Waals surface area contributed by atoms with E-state index in [9.17, 15) is 19.7 Å². The van der Waals surface area contributed by atoms with Crippen LogP contribution in [-0.2, 0) is 4.79 Å². The lowest BCUT2D eigenvalue weighted by Gasteiger charge is -2.17. The molecule has 0 aliphatic rings. The fourth-order valence-corrected chi connectivity index (χ4v) is 2.41. The number of anilines is 1. The maximum absolute atomic E-state index is 12.4. The molecular formula is C17H16ClN3O5. The number of nitrogens with one attached hydrogen (secondary N) is 1. The molecule has 0 aromatic heterocycles. The van der Waals surface area contributed by atoms with Gasteiger partial charge >= 0.3 is 0 Å². The van der Waals surface area contributed by atoms with E-state index in [0.717, 1.165) is 6.07 Å². The highest BCUT2D eigenvalue weighted by Gasteiger charge is 2.20. The lowest BCUT2D eigenvalue weighted by Crippen LogP contribution is -2.35. The summed E-state index contributed by atoms with van der Waals surface area (Å²) in [6.07, 6.45) is 0. The first-order valence-corrected chi connectivity index (χ1v) is 7.83. The number of carbonyl (C=O) groups excluding carboxylic acids is 2. The number of likely N-dealkylation sites (N-methyl/N-ethyl adjacent to an activating group) is 1. The van der Waals surface area contributed by atoms with Crippen LogP contribution in [0.2, 0.25) is 5.02 Å². The molecule has 8 nitrogen and oxygen atoms in total. The molecule has 0 bridgehead atoms. The lowest BCUT2D eigenvalue weighted by atomic mass is 10.2. The van der Waals surface area contributed by atoms with Gasteiger partial charge in [0.15, 0.2) is 0 Å². The summed E-state index contributed by atoms with van der Waals surface area (Å²) in [5, 5.41) is 13.3. The number of amides is 2. The minimum atomic E-state index is -0.605. The highest BCUT2D eigenvalue weighted by Crippen LogP contribution is 2.23. The Bertz CT molecular complexity index is 839. The number of methoxy groups -OCH3 is 1. The standard InChI is InChI=1S/C17H16ClN3O5/c1-20(10-16(22)19-11-3-6-13(26-2)7-4-11)17(23)14-8-5-12(21(24)25)9-15(14)18/h3-9H,10H2,1-2H3,(H,19,22). The van der Waals surface area contributed by atoms with Gasteiger partial charge in [-0.1, -0.05) is 11.6 Å². The van der Waals surface area contributed by atoms with Crippen LogP contribution in [0.4, 0.5) is 11.4 Å². The van der Waals surface area contributed by atoms with Gasteiger partial charge in [0.2, 0.25) is 5.91 Å². The first-order chi connectivity index (χ1) is 12.3. The molecular weight excluding hydrogens is 362 g/mol. The lowest BCUT2D eigenvalue weighted by molar-refractivity contribution is -0.384. The Hall–Kier alpha value is -3.13. The minimum absolute atomic E-state index is 0.0494. The average Bonchev–Trinajstić information content (AvgIpc) is 2.61. The van der Waals surface area contributed by atoms with Crippen LogP contribution >= 0.6 is 11.6 Å². The molecule has 0 atom stereocenters. The number of rotatable bonds is 6. The van der Waals surface area contributed by atoms with Crippen molar-refractivity contribution in [2.45, 2.75) is 0 Å². The van der Waals surface area contributed by atoms with Crippen molar-refractivity contribution in [2.24, 2.45) is 0 Å². The molecule has 0 saturated heterocycles. The number of nitro benzene ring substituents is 1. The summed E-state index contributed by atoms with van der Waals surface area (Å²) in [6, 6.07) is 10.3. The van der Waals surface area contributed by atoms with Crippen LogP contribution in [0.3, 0.4) is 0 Å². The van der Waals surface area contributed by atoms with E-state index in [-0.39, 0.29) is 22.8 Å². The molecule has 2 amide bonds. The summed E-state index contributed by atoms with van der Waals surface area (Å²) in [5.41, 5.74) is 0.425. The van der Waals surface area contributed by atoms with Gasteiger partial charge in [-0.25, -0.2) is 0 Å². The molecule has 0 saturated carbocycles. The Morgan fingerprint density at radius 1 is 1.23 bits per heavy atom. The molecule has 9 heteroatoms. The van der Waals surface area contributed by atoms with E-state index in [1.165, 1.54) is 31.2 Å². The van der Waals surface area contributed by atoms with Crippen LogP contribution in [0.5, 0.6) is 5.75 Å². The van der Waals surface area contributed by atoms with Gasteiger partial charge in [0.25, 0.3) is 11.6 Å². The number of hydrogen-bond donors (Lipinski definition) is 1. The van der Waals surface area contributed by atoms with Crippen molar-refractivity contribution in [3.63, 3.8) is 0 Å². The van der Waals surface area contributed by atoms with Gasteiger partial charge in [-0.15, -0.1) is 0 Å². The van der Waals surface area contributed by atoms with Gasteiger partial charge < -0.3 is 15.0 Å². The number of hydrogen-bond acceptors (Lipinski definition) is 5. The highest BCUT2D eigenvalue weighted by molar-refractivity contribution is 6.34. The molecule has 2 aromatic carbocycles. The van der Waals surface area contributed by atoms with Gasteiger partial charge in [-0.2, -0.15) is 0 Å². The van der Waals surface area contributed by atoms with E-state index in [1.807, 2.05) is 0 Å². The zero-order chi connectivity index (χ0) is 19.3. The highest BCUT2D eigenvalue weighted by atomic mass is 35.5. The van der Waals surface area contributed by atoms with Crippen molar-refractivity contribution in [2.75, 3.05) is 26.0 Å². The van der Waals surface area contributed by atoms with Crippen molar-refractivity contribution < 1.29 is 19.2 Å². The third-order valence-electron chi connectivity index (χ3n) is 3.50. The Balaban J connectivity index is 2.01. The van der Waals surface area contributed by atoms with E-state index < -0.39 is 16.7 Å². The fourth-order valence-electron chi connectivity index (χ4n) is 2.16. The van der Waals surface area contributed by atoms with Gasteiger partial charge in [-0.05, 0) is 30.3 Å². The Morgan fingerprint density at radius 2 is 1.88 bits per heavy atom. The molecule has 1 N–H and O–H groups in total. The summed E-state index contributed by atoms with van der Waals surface area (Å²) in [4.78, 5) is 35.8. The van der Waals surface area contributed by atoms with Crippen LogP contribution < -0.4 is 10.1 Å². The second-order valence-electron chi connectivity index (χ2n) is 5.36. The number of nitrogens with zero attached hydrogens (tertiary/aromatic N) is 2. The SMILES string of the molecule is COc1ccc(NC(=O)CN(C)C(=O)c2ccc([N+](=O)[O-])cc2Cl)cc1. The van der Waals surface area contributed by atoms with Crippen molar-refractivity contribution in [1.29, 1.82) is 0 Å². The number of halogens is 1. The minimum Gasteiger partial charge on any atom is -0.497 e. The van der Waals surface area contributed by atoms with Gasteiger partial charge in [-0.3, -0.25) is 19.7 Å². The zero-order valence-corrected chi connectivity index (χ0v) is 14.8. The molecule has 0 heterocycles. The molecule has 0 aliphatic heterocycles. The summed E-state index contributed by atoms with van der Waals surface area (Å²) in [7, 11) is 2.98. The van der Waals surface area contributed by atoms with Crippen LogP contribution in [0.1, 0.15) is 10.4 Å². The van der Waals surface area contributed by atoms with E-state index in [2.05, 4.69) is 5.32 Å². The number of nitro groups is 1. The summed E-state index contributed by atoms with van der Waals surface area (Å²) >= 11 is 5.94. The Kier molecular flexibility index (Phi) is 6.13. The Labute approximate surface area is 154 Å². The van der Waals surface area contributed by atoms with E-state index >= 15 is 0 Å². The first kappa shape index (κ1) is 19.2. The predicted octanol–water partition coefficient (Wildman–Crippen LogP) is 2.97. The van der Waals surface area contributed by atoms with Gasteiger partial charge in [0, 0.05) is 24.9 Å². The van der Waals surface area contributed by atoms with Crippen molar-refractivity contribution in [3.8, 4) is 5.75 Å². The molecule has 26 heavy (non-hydrogen) atoms. The topological polar surface area (TPSA) is 102 Å². The number of non-ortho nitro benzene ring substituents is 1. The molecule has 2 rings (SSSR count). The summed E-state index contributed by atoms with van der Waals surface area (Å²) in [5.74, 6) is -0.262. The second kappa shape index (κ2) is 8.30. The first-order valence-electron chi connectivity index (χ1n) is 7.45. The third kappa shape index (κ3) is 4.70. The fraction of sp³-hybridized carbons (Fsp3) is 0.176. The summed E-state index contributed by atoms with van der Waals surface area (Å²) < 4.78 is 5.03. The normalized spacial score (nSPS) is 10.1. The molecule has 0 unspecified atom stereocenters. The molecule has 136 valence electrons. The van der Waals surface area contributed by atoms with Gasteiger partial charge in [0.05, 0.1) is 29.2 Å². The van der Waals surface area contributed by atoms with E-state index in [1.54, 1.807) is 24.3 Å². The monoisotopic (exact) mass is 377 g/mol. The molecule has 0 spiro atoms. The van der Waals surface area contributed by atoms with Crippen LogP contribution in [0.15, 0.2) is 42.5 Å². The maximum atomic E-state index is 12.4. The molecule has 0 radical (unpaired) electrons. The van der Waals surface area contributed by atoms with Crippen molar-refractivity contribution in [3.05, 3.63) is 63.2 Å².